The lowest BCUT2D eigenvalue weighted by Crippen LogP contribution is -2.35. The first-order chi connectivity index (χ1) is 9.36. The molecule has 8 heteroatoms. The van der Waals surface area contributed by atoms with Gasteiger partial charge in [0, 0.05) is 0 Å². The Kier molecular flexibility index (Phi) is 3.58. The van der Waals surface area contributed by atoms with E-state index in [1.807, 2.05) is 6.92 Å². The van der Waals surface area contributed by atoms with E-state index in [9.17, 15) is 22.4 Å². The van der Waals surface area contributed by atoms with Gasteiger partial charge in [0.05, 0.1) is 11.1 Å². The fraction of sp³-hybridized carbons (Fsp3) is 0.167. The third-order valence-corrected chi connectivity index (χ3v) is 4.41. The Morgan fingerprint density at radius 3 is 2.35 bits per heavy atom. The summed E-state index contributed by atoms with van der Waals surface area (Å²) in [5.41, 5.74) is -1.55. The maximum absolute atomic E-state index is 13.2. The molecular weight excluding hydrogens is 287 g/mol. The van der Waals surface area contributed by atoms with Crippen molar-refractivity contribution in [2.24, 2.45) is 0 Å². The minimum absolute atomic E-state index is 0.164. The molecule has 0 bridgehead atoms. The lowest BCUT2D eigenvalue weighted by atomic mass is 10.2. The molecule has 1 N–H and O–H groups in total. The van der Waals surface area contributed by atoms with Crippen LogP contribution in [0.5, 0.6) is 0 Å². The van der Waals surface area contributed by atoms with Crippen LogP contribution in [0.25, 0.3) is 0 Å². The van der Waals surface area contributed by atoms with Crippen molar-refractivity contribution in [3.8, 4) is 0 Å². The number of H-pyrrole nitrogens is 1. The Balaban J connectivity index is 2.63. The quantitative estimate of drug-likeness (QED) is 0.892. The predicted molar refractivity (Wildman–Crippen MR) is 69.7 cm³/mol. The van der Waals surface area contributed by atoms with Gasteiger partial charge in [-0.2, -0.15) is 8.36 Å². The summed E-state index contributed by atoms with van der Waals surface area (Å²) in [4.78, 5) is 23.8. The van der Waals surface area contributed by atoms with Crippen molar-refractivity contribution in [2.75, 3.05) is 0 Å². The zero-order valence-corrected chi connectivity index (χ0v) is 11.3. The molecule has 0 aliphatic heterocycles. The number of benzene rings is 1. The Bertz CT molecular complexity index is 850. The van der Waals surface area contributed by atoms with E-state index in [1.165, 1.54) is 12.1 Å². The monoisotopic (exact) mass is 298 g/mol. The predicted octanol–water partition coefficient (Wildman–Crippen LogP) is 0.475. The van der Waals surface area contributed by atoms with E-state index in [4.69, 9.17) is 0 Å². The van der Waals surface area contributed by atoms with Gasteiger partial charge in [-0.25, -0.2) is 13.2 Å². The Hall–Kier alpha value is -2.22. The highest BCUT2D eigenvalue weighted by atomic mass is 32.2. The van der Waals surface area contributed by atoms with Crippen LogP contribution in [-0.2, 0) is 16.4 Å². The number of halogens is 1. The highest BCUT2D eigenvalue weighted by Crippen LogP contribution is 2.13. The molecule has 1 aromatic heterocycles. The fourth-order valence-corrected chi connectivity index (χ4v) is 2.82. The average molecular weight is 298 g/mol. The van der Waals surface area contributed by atoms with Crippen LogP contribution in [0.1, 0.15) is 12.5 Å². The Labute approximate surface area is 113 Å². The van der Waals surface area contributed by atoms with Crippen molar-refractivity contribution in [3.63, 3.8) is 0 Å². The molecule has 0 saturated heterocycles. The van der Waals surface area contributed by atoms with Crippen LogP contribution in [0.3, 0.4) is 0 Å². The van der Waals surface area contributed by atoms with Crippen molar-refractivity contribution in [1.29, 1.82) is 0 Å². The molecule has 1 aromatic carbocycles. The molecule has 0 atom stereocenters. The summed E-state index contributed by atoms with van der Waals surface area (Å²) in [5.74, 6) is -1.35. The molecule has 0 fully saturated rings. The van der Waals surface area contributed by atoms with Crippen LogP contribution in [0, 0.1) is 5.82 Å². The largest absolute Gasteiger partial charge is 0.342 e. The summed E-state index contributed by atoms with van der Waals surface area (Å²) in [7, 11) is -4.24. The number of rotatable bonds is 3. The molecule has 0 aliphatic rings. The van der Waals surface area contributed by atoms with Gasteiger partial charge >= 0.3 is 5.69 Å². The van der Waals surface area contributed by atoms with E-state index < -0.39 is 27.1 Å². The van der Waals surface area contributed by atoms with Crippen LogP contribution in [-0.4, -0.2) is 17.4 Å². The van der Waals surface area contributed by atoms with Crippen LogP contribution in [0.4, 0.5) is 4.39 Å². The van der Waals surface area contributed by atoms with Crippen LogP contribution in [0.2, 0.25) is 0 Å². The summed E-state index contributed by atoms with van der Waals surface area (Å²) in [6.45, 7) is 1.91. The number of aryl methyl sites for hydroxylation is 1. The highest BCUT2D eigenvalue weighted by molar-refractivity contribution is 7.90. The van der Waals surface area contributed by atoms with E-state index in [0.29, 0.717) is 6.20 Å². The van der Waals surface area contributed by atoms with Gasteiger partial charge in [0.15, 0.2) is 0 Å². The molecule has 0 amide bonds. The van der Waals surface area contributed by atoms with Gasteiger partial charge in [0.2, 0.25) is 5.82 Å². The van der Waals surface area contributed by atoms with E-state index in [0.717, 1.165) is 12.0 Å². The molecule has 2 rings (SSSR count). The summed E-state index contributed by atoms with van der Waals surface area (Å²) in [6, 6.07) is 5.84. The topological polar surface area (TPSA) is 89.0 Å². The van der Waals surface area contributed by atoms with Crippen LogP contribution < -0.4 is 11.2 Å². The molecule has 6 nitrogen and oxygen atoms in total. The minimum Gasteiger partial charge on any atom is -0.271 e. The third-order valence-electron chi connectivity index (χ3n) is 2.76. The molecule has 0 unspecified atom stereocenters. The molecule has 1 heterocycles. The Morgan fingerprint density at radius 2 is 1.80 bits per heavy atom. The normalized spacial score (nSPS) is 11.5. The smallest absolute Gasteiger partial charge is 0.271 e. The number of aromatic amines is 1. The van der Waals surface area contributed by atoms with Crippen molar-refractivity contribution >= 4 is 10.0 Å². The molecule has 106 valence electrons. The first kappa shape index (κ1) is 14.2. The lowest BCUT2D eigenvalue weighted by Gasteiger charge is -2.07. The van der Waals surface area contributed by atoms with E-state index in [2.05, 4.69) is 0 Å². The van der Waals surface area contributed by atoms with Gasteiger partial charge in [-0.3, -0.25) is 9.78 Å². The summed E-state index contributed by atoms with van der Waals surface area (Å²) in [5, 5.41) is 0. The summed E-state index contributed by atoms with van der Waals surface area (Å²) < 4.78 is 37.7. The number of nitrogens with zero attached hydrogens (tertiary/aromatic N) is 1. The lowest BCUT2D eigenvalue weighted by molar-refractivity contribution is 0.564. The maximum atomic E-state index is 13.2. The number of nitrogens with one attached hydrogen (secondary N) is 1. The molecule has 0 aliphatic carbocycles. The Morgan fingerprint density at radius 1 is 1.20 bits per heavy atom. The van der Waals surface area contributed by atoms with Gasteiger partial charge in [0.1, 0.15) is 0 Å². The standard InChI is InChI=1S/C12H11FN2O4S/c1-2-8-3-5-9(6-4-8)20(18,19)15-7-10(13)11(16)14-12(15)17/h3-7H,2H2,1H3,(H,14,16,17). The van der Waals surface area contributed by atoms with Gasteiger partial charge in [-0.1, -0.05) is 19.1 Å². The van der Waals surface area contributed by atoms with Gasteiger partial charge in [0.25, 0.3) is 15.6 Å². The average Bonchev–Trinajstić information content (AvgIpc) is 2.42. The number of hydrogen-bond donors (Lipinski definition) is 1. The molecule has 0 saturated carbocycles. The summed E-state index contributed by atoms with van der Waals surface area (Å²) in [6.07, 6.45) is 1.10. The van der Waals surface area contributed by atoms with E-state index in [1.54, 1.807) is 17.1 Å². The van der Waals surface area contributed by atoms with Gasteiger partial charge in [-0.05, 0) is 24.1 Å². The second kappa shape index (κ2) is 5.04. The maximum Gasteiger partial charge on any atom is 0.342 e. The molecule has 0 radical (unpaired) electrons. The van der Waals surface area contributed by atoms with Crippen molar-refractivity contribution in [3.05, 3.63) is 62.7 Å². The minimum atomic E-state index is -4.24. The van der Waals surface area contributed by atoms with Crippen LogP contribution in [0.15, 0.2) is 44.9 Å². The van der Waals surface area contributed by atoms with Crippen molar-refractivity contribution in [1.82, 2.24) is 8.96 Å². The molecule has 0 spiro atoms. The molecule has 2 aromatic rings. The first-order valence-corrected chi connectivity index (χ1v) is 7.16. The second-order valence-corrected chi connectivity index (χ2v) is 5.85. The first-order valence-electron chi connectivity index (χ1n) is 5.72. The van der Waals surface area contributed by atoms with Crippen LogP contribution >= 0.6 is 0 Å². The SMILES string of the molecule is CCc1ccc(S(=O)(=O)n2cc(F)c(=O)[nH]c2=O)cc1. The number of aromatic nitrogens is 2. The molecular formula is C12H11FN2O4S. The van der Waals surface area contributed by atoms with Crippen molar-refractivity contribution in [2.45, 2.75) is 18.2 Å². The van der Waals surface area contributed by atoms with Gasteiger partial charge in [-0.15, -0.1) is 0 Å². The zero-order chi connectivity index (χ0) is 14.9. The summed E-state index contributed by atoms with van der Waals surface area (Å²) >= 11 is 0. The second-order valence-electron chi connectivity index (χ2n) is 4.03. The zero-order valence-electron chi connectivity index (χ0n) is 10.5. The van der Waals surface area contributed by atoms with E-state index in [-0.39, 0.29) is 8.87 Å². The van der Waals surface area contributed by atoms with Crippen molar-refractivity contribution < 1.29 is 12.8 Å². The number of hydrogen-bond acceptors (Lipinski definition) is 4. The highest BCUT2D eigenvalue weighted by Gasteiger charge is 2.20. The fourth-order valence-electron chi connectivity index (χ4n) is 1.62. The third kappa shape index (κ3) is 2.42. The molecule has 20 heavy (non-hydrogen) atoms. The van der Waals surface area contributed by atoms with Gasteiger partial charge < -0.3 is 0 Å². The van der Waals surface area contributed by atoms with E-state index >= 15 is 0 Å².